The lowest BCUT2D eigenvalue weighted by molar-refractivity contribution is -0.147. The van der Waals surface area contributed by atoms with Crippen molar-refractivity contribution >= 4 is 66.6 Å². The van der Waals surface area contributed by atoms with Crippen LogP contribution < -0.4 is 10.6 Å². The number of halogens is 3. The number of amides is 4. The summed E-state index contributed by atoms with van der Waals surface area (Å²) in [6.45, 7) is 0. The molecule has 0 aliphatic carbocycles. The van der Waals surface area contributed by atoms with Gasteiger partial charge in [-0.2, -0.15) is 8.78 Å². The number of carbonyl (C=O) groups excluding carboxylic acids is 4. The lowest BCUT2D eigenvalue weighted by Gasteiger charge is -2.40. The summed E-state index contributed by atoms with van der Waals surface area (Å²) in [6, 6.07) is 6.93. The van der Waals surface area contributed by atoms with Crippen LogP contribution in [0.4, 0.5) is 8.78 Å². The van der Waals surface area contributed by atoms with Crippen LogP contribution in [0.5, 0.6) is 0 Å². The third-order valence-electron chi connectivity index (χ3n) is 6.11. The number of rotatable bonds is 5. The van der Waals surface area contributed by atoms with Gasteiger partial charge in [0.25, 0.3) is 11.8 Å². The molecule has 0 aromatic heterocycles. The molecule has 2 aliphatic heterocycles. The van der Waals surface area contributed by atoms with Gasteiger partial charge in [-0.1, -0.05) is 35.9 Å². The molecule has 36 heavy (non-hydrogen) atoms. The van der Waals surface area contributed by atoms with E-state index < -0.39 is 51.8 Å². The molecule has 2 aliphatic rings. The maximum absolute atomic E-state index is 14.7. The molecular formula is C22H14B4ClF2N3O4. The Balaban J connectivity index is 1.62. The second-order valence-corrected chi connectivity index (χ2v) is 9.07. The van der Waals surface area contributed by atoms with Crippen molar-refractivity contribution in [3.05, 3.63) is 69.7 Å². The molecule has 1 fully saturated rings. The number of hydrogen-bond donors (Lipinski definition) is 2. The highest BCUT2D eigenvalue weighted by atomic mass is 35.5. The van der Waals surface area contributed by atoms with E-state index in [2.05, 4.69) is 5.32 Å². The number of carbonyl (C=O) groups is 4. The summed E-state index contributed by atoms with van der Waals surface area (Å²) >= 11 is 5.71. The number of nitrogens with one attached hydrogen (secondary N) is 2. The molecule has 1 atom stereocenters. The van der Waals surface area contributed by atoms with Crippen molar-refractivity contribution in [1.29, 1.82) is 0 Å². The van der Waals surface area contributed by atoms with E-state index in [9.17, 15) is 28.0 Å². The van der Waals surface area contributed by atoms with Gasteiger partial charge in [0.05, 0.1) is 31.4 Å². The third-order valence-corrected chi connectivity index (χ3v) is 6.36. The number of imide groups is 1. The first kappa shape index (κ1) is 26.0. The molecule has 4 rings (SSSR count). The topological polar surface area (TPSA) is 95.6 Å². The lowest BCUT2D eigenvalue weighted by Crippen LogP contribution is -2.59. The van der Waals surface area contributed by atoms with E-state index in [0.717, 1.165) is 17.0 Å². The Kier molecular flexibility index (Phi) is 6.35. The fourth-order valence-corrected chi connectivity index (χ4v) is 4.33. The normalized spacial score (nSPS) is 19.6. The second kappa shape index (κ2) is 8.80. The molecule has 4 amide bonds. The zero-order chi connectivity index (χ0) is 26.6. The summed E-state index contributed by atoms with van der Waals surface area (Å²) in [6.07, 6.45) is -0.0264. The average Bonchev–Trinajstić information content (AvgIpc) is 2.99. The summed E-state index contributed by atoms with van der Waals surface area (Å²) in [5, 5.41) is -0.133. The highest BCUT2D eigenvalue weighted by molar-refractivity contribution is 6.43. The predicted octanol–water partition coefficient (Wildman–Crippen LogP) is 0.404. The zero-order valence-electron chi connectivity index (χ0n) is 18.6. The fourth-order valence-electron chi connectivity index (χ4n) is 4.20. The summed E-state index contributed by atoms with van der Waals surface area (Å²) in [7, 11) is 24.4. The monoisotopic (exact) mass is 501 g/mol. The van der Waals surface area contributed by atoms with Crippen LogP contribution in [0.2, 0.25) is 5.02 Å². The van der Waals surface area contributed by atoms with Crippen LogP contribution in [0.3, 0.4) is 0 Å². The lowest BCUT2D eigenvalue weighted by atomic mass is 9.54. The molecule has 2 aromatic rings. The minimum atomic E-state index is -4.00. The van der Waals surface area contributed by atoms with Crippen LogP contribution >= 0.6 is 11.6 Å². The van der Waals surface area contributed by atoms with E-state index in [1.165, 1.54) is 30.3 Å². The van der Waals surface area contributed by atoms with Crippen LogP contribution in [-0.4, -0.2) is 66.0 Å². The molecule has 14 heteroatoms. The summed E-state index contributed by atoms with van der Waals surface area (Å²) in [4.78, 5) is 50.3. The summed E-state index contributed by atoms with van der Waals surface area (Å²) in [5.41, 5.74) is -0.724. The molecule has 0 bridgehead atoms. The highest BCUT2D eigenvalue weighted by Gasteiger charge is 2.49. The zero-order valence-corrected chi connectivity index (χ0v) is 19.3. The van der Waals surface area contributed by atoms with E-state index in [4.69, 9.17) is 43.0 Å². The summed E-state index contributed by atoms with van der Waals surface area (Å²) in [5.74, 6) is -7.71. The number of nitrogens with zero attached hydrogens (tertiary/aromatic N) is 1. The van der Waals surface area contributed by atoms with Crippen LogP contribution in [-0.2, 0) is 31.0 Å². The fraction of sp³-hybridized carbons (Fsp3) is 0.273. The Morgan fingerprint density at radius 3 is 2.31 bits per heavy atom. The highest BCUT2D eigenvalue weighted by Crippen LogP contribution is 2.39. The maximum atomic E-state index is 14.7. The quantitative estimate of drug-likeness (QED) is 0.459. The number of fused-ring (bicyclic) bond motifs is 1. The van der Waals surface area contributed by atoms with Crippen molar-refractivity contribution in [3.63, 3.8) is 0 Å². The van der Waals surface area contributed by atoms with Crippen LogP contribution in [0.15, 0.2) is 42.5 Å². The van der Waals surface area contributed by atoms with Gasteiger partial charge in [0, 0.05) is 22.6 Å². The van der Waals surface area contributed by atoms with Crippen molar-refractivity contribution in [1.82, 2.24) is 15.5 Å². The van der Waals surface area contributed by atoms with Gasteiger partial charge in [0.2, 0.25) is 11.8 Å². The molecule has 7 nitrogen and oxygen atoms in total. The third kappa shape index (κ3) is 4.34. The smallest absolute Gasteiger partial charge is 0.349 e. The van der Waals surface area contributed by atoms with Crippen molar-refractivity contribution in [3.8, 4) is 0 Å². The molecule has 2 heterocycles. The van der Waals surface area contributed by atoms with Gasteiger partial charge in [-0.3, -0.25) is 24.5 Å². The van der Waals surface area contributed by atoms with Crippen molar-refractivity contribution < 1.29 is 28.0 Å². The first-order chi connectivity index (χ1) is 16.7. The molecule has 1 saturated heterocycles. The van der Waals surface area contributed by atoms with Crippen molar-refractivity contribution in [2.45, 2.75) is 35.5 Å². The van der Waals surface area contributed by atoms with E-state index in [0.29, 0.717) is 0 Å². The molecule has 0 spiro atoms. The minimum Gasteiger partial charge on any atom is -0.358 e. The number of hydrogen-bond acceptors (Lipinski definition) is 4. The first-order valence-electron chi connectivity index (χ1n) is 10.6. The van der Waals surface area contributed by atoms with Gasteiger partial charge >= 0.3 is 5.92 Å². The minimum absolute atomic E-state index is 0.000948. The van der Waals surface area contributed by atoms with Crippen molar-refractivity contribution in [2.24, 2.45) is 0 Å². The standard InChI is InChI=1S/C22H14B4ClF2N3O4/c23-21(24,31-19(36)20(28,29)10-1-4-12(27)5-2-10)11-3-6-13-14(9-11)22(25,26)32(18(13)35)15-7-8-16(33)30-17(15)34/h1-6,9,15H,7-8H2,(H,31,36)(H,30,33,34). The predicted molar refractivity (Wildman–Crippen MR) is 129 cm³/mol. The molecule has 2 aromatic carbocycles. The maximum Gasteiger partial charge on any atom is 0.349 e. The average molecular weight is 501 g/mol. The van der Waals surface area contributed by atoms with Crippen molar-refractivity contribution in [2.75, 3.05) is 0 Å². The van der Waals surface area contributed by atoms with Gasteiger partial charge in [0.1, 0.15) is 6.04 Å². The summed E-state index contributed by atoms with van der Waals surface area (Å²) < 4.78 is 29.4. The van der Waals surface area contributed by atoms with Gasteiger partial charge < -0.3 is 10.2 Å². The van der Waals surface area contributed by atoms with Gasteiger partial charge in [-0.25, -0.2) is 0 Å². The first-order valence-corrected chi connectivity index (χ1v) is 11.0. The van der Waals surface area contributed by atoms with Gasteiger partial charge in [0.15, 0.2) is 0 Å². The number of piperidine rings is 1. The van der Waals surface area contributed by atoms with Crippen LogP contribution in [0.25, 0.3) is 0 Å². The Bertz CT molecular complexity index is 1290. The van der Waals surface area contributed by atoms with E-state index >= 15 is 0 Å². The van der Waals surface area contributed by atoms with Gasteiger partial charge in [-0.05, 0) is 46.4 Å². The van der Waals surface area contributed by atoms with E-state index in [1.807, 2.05) is 5.32 Å². The molecular weight excluding hydrogens is 487 g/mol. The Morgan fingerprint density at radius 1 is 1.08 bits per heavy atom. The Morgan fingerprint density at radius 2 is 1.69 bits per heavy atom. The van der Waals surface area contributed by atoms with E-state index in [1.54, 1.807) is 0 Å². The molecule has 2 N–H and O–H groups in total. The molecule has 174 valence electrons. The van der Waals surface area contributed by atoms with Crippen LogP contribution in [0, 0.1) is 0 Å². The van der Waals surface area contributed by atoms with Crippen LogP contribution in [0.1, 0.15) is 39.9 Å². The van der Waals surface area contributed by atoms with E-state index in [-0.39, 0.29) is 34.6 Å². The molecule has 0 saturated carbocycles. The molecule has 8 radical (unpaired) electrons. The SMILES string of the molecule is [B]C([B])(NC(=O)C(F)(F)c1ccc(Cl)cc1)c1ccc2c(c1)C([B])([B])N(C1CCC(=O)NC1=O)C2=O. The Labute approximate surface area is 215 Å². The number of benzene rings is 2. The Hall–Kier alpha value is -3.07. The molecule has 1 unspecified atom stereocenters. The second-order valence-electron chi connectivity index (χ2n) is 8.63. The number of alkyl halides is 2. The van der Waals surface area contributed by atoms with Gasteiger partial charge in [-0.15, -0.1) is 0 Å². The largest absolute Gasteiger partial charge is 0.358 e.